The molecule has 1 fully saturated rings. The number of nitrogens with zero attached hydrogens (tertiary/aromatic N) is 1. The summed E-state index contributed by atoms with van der Waals surface area (Å²) in [5.41, 5.74) is 0.296. The largest absolute Gasteiger partial charge is 0.464 e. The van der Waals surface area contributed by atoms with Crippen molar-refractivity contribution in [1.82, 2.24) is 5.16 Å². The standard InChI is InChI=1S/C8H8INO3/c1-12-8(11)6-5(9)7(13-10-6)4-2-3-4/h4H,2-3H2,1H3. The van der Waals surface area contributed by atoms with Crippen molar-refractivity contribution in [3.63, 3.8) is 0 Å². The minimum absolute atomic E-state index is 0.296. The predicted molar refractivity (Wildman–Crippen MR) is 52.5 cm³/mol. The zero-order chi connectivity index (χ0) is 9.42. The maximum absolute atomic E-state index is 11.1. The number of aromatic nitrogens is 1. The Bertz CT molecular complexity index is 343. The van der Waals surface area contributed by atoms with Gasteiger partial charge in [-0.15, -0.1) is 0 Å². The summed E-state index contributed by atoms with van der Waals surface area (Å²) in [5.74, 6) is 0.874. The number of hydrogen-bond acceptors (Lipinski definition) is 4. The third kappa shape index (κ3) is 1.56. The summed E-state index contributed by atoms with van der Waals surface area (Å²) in [7, 11) is 1.34. The lowest BCUT2D eigenvalue weighted by molar-refractivity contribution is 0.0588. The number of methoxy groups -OCH3 is 1. The van der Waals surface area contributed by atoms with Crippen LogP contribution in [0, 0.1) is 3.57 Å². The van der Waals surface area contributed by atoms with Crippen molar-refractivity contribution in [3.8, 4) is 0 Å². The number of ether oxygens (including phenoxy) is 1. The molecule has 0 N–H and O–H groups in total. The fraction of sp³-hybridized carbons (Fsp3) is 0.500. The van der Waals surface area contributed by atoms with E-state index in [1.807, 2.05) is 0 Å². The molecule has 1 saturated carbocycles. The van der Waals surface area contributed by atoms with Gasteiger partial charge >= 0.3 is 5.97 Å². The first-order valence-corrected chi connectivity index (χ1v) is 5.05. The van der Waals surface area contributed by atoms with E-state index in [1.54, 1.807) is 0 Å². The van der Waals surface area contributed by atoms with Crippen LogP contribution < -0.4 is 0 Å². The zero-order valence-corrected chi connectivity index (χ0v) is 9.20. The number of halogens is 1. The molecule has 0 unspecified atom stereocenters. The Kier molecular flexibility index (Phi) is 2.27. The number of carbonyl (C=O) groups excluding carboxylic acids is 1. The second-order valence-electron chi connectivity index (χ2n) is 2.98. The smallest absolute Gasteiger partial charge is 0.361 e. The van der Waals surface area contributed by atoms with E-state index in [-0.39, 0.29) is 0 Å². The molecule has 0 spiro atoms. The number of rotatable bonds is 2. The van der Waals surface area contributed by atoms with Gasteiger partial charge in [-0.05, 0) is 35.4 Å². The van der Waals surface area contributed by atoms with Gasteiger partial charge in [0.05, 0.1) is 10.7 Å². The molecule has 5 heteroatoms. The van der Waals surface area contributed by atoms with Crippen LogP contribution in [0.3, 0.4) is 0 Å². The first kappa shape index (κ1) is 8.98. The Hall–Kier alpha value is -0.590. The summed E-state index contributed by atoms with van der Waals surface area (Å²) in [6.45, 7) is 0. The summed E-state index contributed by atoms with van der Waals surface area (Å²) in [6.07, 6.45) is 2.26. The topological polar surface area (TPSA) is 52.3 Å². The SMILES string of the molecule is COC(=O)c1noc(C2CC2)c1I. The Morgan fingerprint density at radius 2 is 2.38 bits per heavy atom. The van der Waals surface area contributed by atoms with E-state index in [2.05, 4.69) is 32.5 Å². The minimum atomic E-state index is -0.431. The van der Waals surface area contributed by atoms with Crippen LogP contribution in [0.15, 0.2) is 4.52 Å². The van der Waals surface area contributed by atoms with Crippen molar-refractivity contribution >= 4 is 28.6 Å². The van der Waals surface area contributed by atoms with Crippen LogP contribution >= 0.6 is 22.6 Å². The lowest BCUT2D eigenvalue weighted by atomic mass is 10.3. The van der Waals surface area contributed by atoms with E-state index in [0.29, 0.717) is 11.6 Å². The molecule has 0 radical (unpaired) electrons. The highest BCUT2D eigenvalue weighted by Crippen LogP contribution is 2.42. The summed E-state index contributed by atoms with van der Waals surface area (Å²) < 4.78 is 10.4. The lowest BCUT2D eigenvalue weighted by Gasteiger charge is -1.92. The van der Waals surface area contributed by atoms with Gasteiger partial charge in [-0.25, -0.2) is 4.79 Å². The quantitative estimate of drug-likeness (QED) is 0.617. The van der Waals surface area contributed by atoms with Crippen LogP contribution in [-0.2, 0) is 4.74 Å². The van der Waals surface area contributed by atoms with E-state index in [9.17, 15) is 4.79 Å². The minimum Gasteiger partial charge on any atom is -0.464 e. The maximum Gasteiger partial charge on any atom is 0.361 e. The lowest BCUT2D eigenvalue weighted by Crippen LogP contribution is -2.03. The normalized spacial score (nSPS) is 15.8. The highest BCUT2D eigenvalue weighted by atomic mass is 127. The van der Waals surface area contributed by atoms with Crippen LogP contribution in [0.5, 0.6) is 0 Å². The van der Waals surface area contributed by atoms with E-state index in [4.69, 9.17) is 4.52 Å². The molecule has 1 aliphatic rings. The van der Waals surface area contributed by atoms with Gasteiger partial charge in [-0.3, -0.25) is 0 Å². The Balaban J connectivity index is 2.32. The van der Waals surface area contributed by atoms with Crippen LogP contribution in [-0.4, -0.2) is 18.2 Å². The molecule has 0 aliphatic heterocycles. The second kappa shape index (κ2) is 3.28. The van der Waals surface area contributed by atoms with Gasteiger partial charge < -0.3 is 9.26 Å². The van der Waals surface area contributed by atoms with Crippen molar-refractivity contribution in [2.24, 2.45) is 0 Å². The molecule has 1 aliphatic carbocycles. The van der Waals surface area contributed by atoms with Gasteiger partial charge in [-0.2, -0.15) is 0 Å². The molecule has 2 rings (SSSR count). The Morgan fingerprint density at radius 1 is 1.69 bits per heavy atom. The van der Waals surface area contributed by atoms with Crippen LogP contribution in [0.4, 0.5) is 0 Å². The van der Waals surface area contributed by atoms with Gasteiger partial charge in [0, 0.05) is 5.92 Å². The molecule has 0 atom stereocenters. The molecule has 1 aromatic heterocycles. The average Bonchev–Trinajstić information content (AvgIpc) is 2.90. The molecule has 0 bridgehead atoms. The number of esters is 1. The maximum atomic E-state index is 11.1. The third-order valence-corrected chi connectivity index (χ3v) is 3.03. The molecule has 1 heterocycles. The summed E-state index contributed by atoms with van der Waals surface area (Å²) in [4.78, 5) is 11.1. The van der Waals surface area contributed by atoms with Crippen molar-refractivity contribution in [1.29, 1.82) is 0 Å². The van der Waals surface area contributed by atoms with Crippen LogP contribution in [0.1, 0.15) is 35.0 Å². The van der Waals surface area contributed by atoms with Crippen LogP contribution in [0.2, 0.25) is 0 Å². The highest BCUT2D eigenvalue weighted by Gasteiger charge is 2.33. The molecule has 0 saturated heterocycles. The van der Waals surface area contributed by atoms with Crippen molar-refractivity contribution in [3.05, 3.63) is 15.0 Å². The van der Waals surface area contributed by atoms with Gasteiger partial charge in [0.15, 0.2) is 5.76 Å². The summed E-state index contributed by atoms with van der Waals surface area (Å²) in [5, 5.41) is 3.69. The van der Waals surface area contributed by atoms with Gasteiger partial charge in [0.2, 0.25) is 5.69 Å². The Morgan fingerprint density at radius 3 is 2.92 bits per heavy atom. The number of hydrogen-bond donors (Lipinski definition) is 0. The molecular formula is C8H8INO3. The van der Waals surface area contributed by atoms with Crippen molar-refractivity contribution < 1.29 is 14.1 Å². The van der Waals surface area contributed by atoms with E-state index < -0.39 is 5.97 Å². The molecule has 13 heavy (non-hydrogen) atoms. The van der Waals surface area contributed by atoms with Gasteiger partial charge in [-0.1, -0.05) is 5.16 Å². The highest BCUT2D eigenvalue weighted by molar-refractivity contribution is 14.1. The van der Waals surface area contributed by atoms with E-state index in [1.165, 1.54) is 7.11 Å². The first-order chi connectivity index (χ1) is 6.24. The Labute approximate surface area is 88.8 Å². The first-order valence-electron chi connectivity index (χ1n) is 3.97. The second-order valence-corrected chi connectivity index (χ2v) is 4.05. The molecule has 0 amide bonds. The van der Waals surface area contributed by atoms with Crippen molar-refractivity contribution in [2.45, 2.75) is 18.8 Å². The molecule has 70 valence electrons. The van der Waals surface area contributed by atoms with E-state index >= 15 is 0 Å². The molecule has 1 aromatic rings. The summed E-state index contributed by atoms with van der Waals surface area (Å²) >= 11 is 2.07. The van der Waals surface area contributed by atoms with Gasteiger partial charge in [0.25, 0.3) is 0 Å². The van der Waals surface area contributed by atoms with Gasteiger partial charge in [0.1, 0.15) is 0 Å². The third-order valence-electron chi connectivity index (χ3n) is 1.99. The number of carbonyl (C=O) groups is 1. The fourth-order valence-corrected chi connectivity index (χ4v) is 1.97. The predicted octanol–water partition coefficient (Wildman–Crippen LogP) is 1.94. The fourth-order valence-electron chi connectivity index (χ4n) is 1.11. The zero-order valence-electron chi connectivity index (χ0n) is 7.04. The molecular weight excluding hydrogens is 285 g/mol. The average molecular weight is 293 g/mol. The monoisotopic (exact) mass is 293 g/mol. The van der Waals surface area contributed by atoms with Crippen LogP contribution in [0.25, 0.3) is 0 Å². The van der Waals surface area contributed by atoms with Crippen molar-refractivity contribution in [2.75, 3.05) is 7.11 Å². The molecule has 0 aromatic carbocycles. The summed E-state index contributed by atoms with van der Waals surface area (Å²) in [6, 6.07) is 0. The molecule has 4 nitrogen and oxygen atoms in total. The van der Waals surface area contributed by atoms with E-state index in [0.717, 1.165) is 22.2 Å².